The van der Waals surface area contributed by atoms with Crippen molar-refractivity contribution in [3.63, 3.8) is 0 Å². The lowest BCUT2D eigenvalue weighted by Crippen LogP contribution is -2.31. The van der Waals surface area contributed by atoms with E-state index in [0.717, 1.165) is 5.56 Å². The molecule has 0 fully saturated rings. The van der Waals surface area contributed by atoms with E-state index < -0.39 is 5.97 Å². The second-order valence-electron chi connectivity index (χ2n) is 4.82. The number of carbonyl (C=O) groups excluding carboxylic acids is 1. The number of amides is 2. The molecule has 1 rings (SSSR count). The van der Waals surface area contributed by atoms with Gasteiger partial charge in [-0.1, -0.05) is 26.0 Å². The van der Waals surface area contributed by atoms with Crippen molar-refractivity contribution in [1.82, 2.24) is 5.32 Å². The fourth-order valence-electron chi connectivity index (χ4n) is 1.48. The maximum Gasteiger partial charge on any atom is 0.319 e. The largest absolute Gasteiger partial charge is 0.481 e. The number of carboxylic acids is 1. The molecule has 104 valence electrons. The first kappa shape index (κ1) is 15.0. The number of urea groups is 1. The van der Waals surface area contributed by atoms with Gasteiger partial charge in [-0.2, -0.15) is 0 Å². The van der Waals surface area contributed by atoms with Gasteiger partial charge in [-0.25, -0.2) is 4.79 Å². The Kier molecular flexibility index (Phi) is 5.85. The zero-order valence-corrected chi connectivity index (χ0v) is 11.3. The molecule has 0 atom stereocenters. The molecule has 5 nitrogen and oxygen atoms in total. The molecule has 0 aromatic heterocycles. The summed E-state index contributed by atoms with van der Waals surface area (Å²) >= 11 is 0. The van der Waals surface area contributed by atoms with Crippen LogP contribution in [0.3, 0.4) is 0 Å². The van der Waals surface area contributed by atoms with Gasteiger partial charge in [0.05, 0.1) is 0 Å². The van der Waals surface area contributed by atoms with Crippen molar-refractivity contribution in [2.45, 2.75) is 26.7 Å². The molecule has 0 saturated heterocycles. The number of aliphatic carboxylic acids is 1. The molecule has 5 heteroatoms. The maximum atomic E-state index is 11.5. The number of anilines is 1. The van der Waals surface area contributed by atoms with E-state index in [1.807, 2.05) is 26.0 Å². The van der Waals surface area contributed by atoms with Gasteiger partial charge in [0.15, 0.2) is 0 Å². The minimum absolute atomic E-state index is 0.113. The Labute approximate surface area is 113 Å². The van der Waals surface area contributed by atoms with Gasteiger partial charge >= 0.3 is 12.0 Å². The van der Waals surface area contributed by atoms with Crippen LogP contribution < -0.4 is 10.6 Å². The molecule has 2 amide bonds. The molecule has 3 N–H and O–H groups in total. The number of aryl methyl sites for hydroxylation is 1. The summed E-state index contributed by atoms with van der Waals surface area (Å²) in [5.74, 6) is -0.403. The van der Waals surface area contributed by atoms with E-state index in [-0.39, 0.29) is 12.5 Å². The highest BCUT2D eigenvalue weighted by molar-refractivity contribution is 5.89. The van der Waals surface area contributed by atoms with Gasteiger partial charge in [0.2, 0.25) is 0 Å². The summed E-state index contributed by atoms with van der Waals surface area (Å²) in [7, 11) is 0. The van der Waals surface area contributed by atoms with Crippen LogP contribution in [0.15, 0.2) is 24.3 Å². The lowest BCUT2D eigenvalue weighted by Gasteiger charge is -2.09. The third-order valence-corrected chi connectivity index (χ3v) is 2.51. The number of carboxylic acid groups (broad SMARTS) is 1. The summed E-state index contributed by atoms with van der Waals surface area (Å²) < 4.78 is 0. The highest BCUT2D eigenvalue weighted by atomic mass is 16.4. The summed E-state index contributed by atoms with van der Waals surface area (Å²) in [4.78, 5) is 22.0. The zero-order chi connectivity index (χ0) is 14.3. The topological polar surface area (TPSA) is 78.4 Å². The highest BCUT2D eigenvalue weighted by Crippen LogP contribution is 2.11. The van der Waals surface area contributed by atoms with Crippen LogP contribution in [0.5, 0.6) is 0 Å². The molecular weight excluding hydrogens is 244 g/mol. The standard InChI is InChI=1S/C14H20N2O3/c1-10(2)9-15-14(19)16-12-6-3-11(4-7-12)5-8-13(17)18/h3-4,6-7,10H,5,8-9H2,1-2H3,(H,17,18)(H2,15,16,19). The number of hydrogen-bond donors (Lipinski definition) is 3. The fourth-order valence-corrected chi connectivity index (χ4v) is 1.48. The van der Waals surface area contributed by atoms with E-state index in [1.54, 1.807) is 12.1 Å². The molecule has 0 bridgehead atoms. The summed E-state index contributed by atoms with van der Waals surface area (Å²) in [5.41, 5.74) is 1.64. The summed E-state index contributed by atoms with van der Waals surface area (Å²) in [6, 6.07) is 6.95. The average Bonchev–Trinajstić information content (AvgIpc) is 2.35. The van der Waals surface area contributed by atoms with Crippen LogP contribution >= 0.6 is 0 Å². The lowest BCUT2D eigenvalue weighted by atomic mass is 10.1. The maximum absolute atomic E-state index is 11.5. The Morgan fingerprint density at radius 1 is 1.21 bits per heavy atom. The quantitative estimate of drug-likeness (QED) is 0.738. The monoisotopic (exact) mass is 264 g/mol. The molecule has 0 saturated carbocycles. The third-order valence-electron chi connectivity index (χ3n) is 2.51. The smallest absolute Gasteiger partial charge is 0.319 e. The van der Waals surface area contributed by atoms with Crippen molar-refractivity contribution in [1.29, 1.82) is 0 Å². The van der Waals surface area contributed by atoms with Gasteiger partial charge in [0.25, 0.3) is 0 Å². The van der Waals surface area contributed by atoms with Crippen LogP contribution in [-0.4, -0.2) is 23.7 Å². The molecule has 0 aliphatic heterocycles. The minimum Gasteiger partial charge on any atom is -0.481 e. The van der Waals surface area contributed by atoms with Crippen LogP contribution in [0.4, 0.5) is 10.5 Å². The fraction of sp³-hybridized carbons (Fsp3) is 0.429. The Balaban J connectivity index is 2.43. The Bertz CT molecular complexity index is 427. The SMILES string of the molecule is CC(C)CNC(=O)Nc1ccc(CCC(=O)O)cc1. The molecule has 1 aromatic rings. The van der Waals surface area contributed by atoms with Gasteiger partial charge in [0.1, 0.15) is 0 Å². The van der Waals surface area contributed by atoms with E-state index in [4.69, 9.17) is 5.11 Å². The van der Waals surface area contributed by atoms with E-state index in [0.29, 0.717) is 24.6 Å². The van der Waals surface area contributed by atoms with E-state index in [9.17, 15) is 9.59 Å². The summed E-state index contributed by atoms with van der Waals surface area (Å²) in [6.45, 7) is 4.68. The second-order valence-corrected chi connectivity index (χ2v) is 4.82. The van der Waals surface area contributed by atoms with Gasteiger partial charge in [-0.3, -0.25) is 4.79 Å². The minimum atomic E-state index is -0.810. The Hall–Kier alpha value is -2.04. The van der Waals surface area contributed by atoms with Crippen molar-refractivity contribution in [3.05, 3.63) is 29.8 Å². The van der Waals surface area contributed by atoms with Crippen LogP contribution in [0.2, 0.25) is 0 Å². The predicted molar refractivity (Wildman–Crippen MR) is 74.3 cm³/mol. The lowest BCUT2D eigenvalue weighted by molar-refractivity contribution is -0.136. The predicted octanol–water partition coefficient (Wildman–Crippen LogP) is 2.48. The Morgan fingerprint density at radius 3 is 2.37 bits per heavy atom. The first-order valence-corrected chi connectivity index (χ1v) is 6.33. The molecule has 0 unspecified atom stereocenters. The normalized spacial score (nSPS) is 10.3. The molecule has 0 heterocycles. The third kappa shape index (κ3) is 6.45. The highest BCUT2D eigenvalue weighted by Gasteiger charge is 2.03. The summed E-state index contributed by atoms with van der Waals surface area (Å²) in [6.07, 6.45) is 0.608. The van der Waals surface area contributed by atoms with Gasteiger partial charge in [-0.15, -0.1) is 0 Å². The molecule has 0 aliphatic rings. The van der Waals surface area contributed by atoms with Crippen LogP contribution in [0, 0.1) is 5.92 Å². The van der Waals surface area contributed by atoms with Gasteiger partial charge in [-0.05, 0) is 30.0 Å². The summed E-state index contributed by atoms with van der Waals surface area (Å²) in [5, 5.41) is 14.1. The molecular formula is C14H20N2O3. The first-order valence-electron chi connectivity index (χ1n) is 6.33. The second kappa shape index (κ2) is 7.41. The van der Waals surface area contributed by atoms with E-state index >= 15 is 0 Å². The van der Waals surface area contributed by atoms with E-state index in [2.05, 4.69) is 10.6 Å². The number of hydrogen-bond acceptors (Lipinski definition) is 2. The molecule has 0 radical (unpaired) electrons. The van der Waals surface area contributed by atoms with Gasteiger partial charge in [0, 0.05) is 18.7 Å². The number of carbonyl (C=O) groups is 2. The van der Waals surface area contributed by atoms with Crippen LogP contribution in [-0.2, 0) is 11.2 Å². The molecule has 19 heavy (non-hydrogen) atoms. The number of benzene rings is 1. The van der Waals surface area contributed by atoms with Crippen molar-refractivity contribution in [2.75, 3.05) is 11.9 Å². The first-order chi connectivity index (χ1) is 8.97. The van der Waals surface area contributed by atoms with E-state index in [1.165, 1.54) is 0 Å². The number of rotatable bonds is 6. The number of nitrogens with one attached hydrogen (secondary N) is 2. The van der Waals surface area contributed by atoms with Crippen molar-refractivity contribution >= 4 is 17.7 Å². The molecule has 0 spiro atoms. The molecule has 1 aromatic carbocycles. The Morgan fingerprint density at radius 2 is 1.84 bits per heavy atom. The average molecular weight is 264 g/mol. The van der Waals surface area contributed by atoms with Crippen molar-refractivity contribution in [3.8, 4) is 0 Å². The zero-order valence-electron chi connectivity index (χ0n) is 11.3. The van der Waals surface area contributed by atoms with Crippen LogP contribution in [0.1, 0.15) is 25.8 Å². The van der Waals surface area contributed by atoms with Crippen molar-refractivity contribution < 1.29 is 14.7 Å². The van der Waals surface area contributed by atoms with Gasteiger partial charge < -0.3 is 15.7 Å². The van der Waals surface area contributed by atoms with Crippen LogP contribution in [0.25, 0.3) is 0 Å². The van der Waals surface area contributed by atoms with Crippen molar-refractivity contribution in [2.24, 2.45) is 5.92 Å². The molecule has 0 aliphatic carbocycles.